The van der Waals surface area contributed by atoms with Crippen molar-refractivity contribution in [2.75, 3.05) is 7.11 Å². The predicted molar refractivity (Wildman–Crippen MR) is 81.2 cm³/mol. The van der Waals surface area contributed by atoms with Gasteiger partial charge in [-0.05, 0) is 36.8 Å². The second-order valence-electron chi connectivity index (χ2n) is 4.92. The Hall–Kier alpha value is -2.40. The van der Waals surface area contributed by atoms with E-state index in [4.69, 9.17) is 4.74 Å². The molecule has 0 bridgehead atoms. The van der Waals surface area contributed by atoms with Crippen molar-refractivity contribution in [3.8, 4) is 5.75 Å². The third-order valence-electron chi connectivity index (χ3n) is 3.54. The molecule has 0 aliphatic carbocycles. The van der Waals surface area contributed by atoms with Crippen LogP contribution in [0.15, 0.2) is 48.7 Å². The van der Waals surface area contributed by atoms with E-state index in [9.17, 15) is 0 Å². The molecule has 0 saturated carbocycles. The Morgan fingerprint density at radius 2 is 2.10 bits per heavy atom. The van der Waals surface area contributed by atoms with Gasteiger partial charge in [0.05, 0.1) is 13.7 Å². The van der Waals surface area contributed by atoms with Crippen molar-refractivity contribution in [3.05, 3.63) is 60.0 Å². The molecule has 1 aromatic carbocycles. The third kappa shape index (κ3) is 2.87. The fourth-order valence-electron chi connectivity index (χ4n) is 2.28. The van der Waals surface area contributed by atoms with Crippen molar-refractivity contribution in [2.45, 2.75) is 19.5 Å². The van der Waals surface area contributed by atoms with Gasteiger partial charge in [-0.15, -0.1) is 10.2 Å². The summed E-state index contributed by atoms with van der Waals surface area (Å²) in [6.07, 6.45) is 1.97. The number of fused-ring (bicyclic) bond motifs is 1. The zero-order chi connectivity index (χ0) is 14.7. The maximum absolute atomic E-state index is 5.26. The van der Waals surface area contributed by atoms with Gasteiger partial charge in [-0.2, -0.15) is 0 Å². The molecule has 0 aliphatic heterocycles. The monoisotopic (exact) mass is 282 g/mol. The number of hydrogen-bond acceptors (Lipinski definition) is 4. The molecule has 0 fully saturated rings. The average molecular weight is 282 g/mol. The molecule has 1 N–H and O–H groups in total. The number of hydrogen-bond donors (Lipinski definition) is 1. The molecule has 5 nitrogen and oxygen atoms in total. The first kappa shape index (κ1) is 13.6. The van der Waals surface area contributed by atoms with Crippen molar-refractivity contribution in [1.82, 2.24) is 19.9 Å². The molecule has 2 aromatic heterocycles. The lowest BCUT2D eigenvalue weighted by Crippen LogP contribution is -2.19. The van der Waals surface area contributed by atoms with E-state index < -0.39 is 0 Å². The van der Waals surface area contributed by atoms with Crippen LogP contribution in [0.1, 0.15) is 24.4 Å². The van der Waals surface area contributed by atoms with Crippen LogP contribution < -0.4 is 10.1 Å². The standard InChI is InChI=1S/C16H18N4O/c1-12(13-6-5-7-14(10-13)21-2)17-11-16-19-18-15-8-3-4-9-20(15)16/h3-10,12,17H,11H2,1-2H3. The van der Waals surface area contributed by atoms with Gasteiger partial charge in [0.15, 0.2) is 11.5 Å². The molecule has 5 heteroatoms. The number of ether oxygens (including phenoxy) is 1. The number of nitrogens with one attached hydrogen (secondary N) is 1. The maximum Gasteiger partial charge on any atom is 0.160 e. The molecule has 3 rings (SSSR count). The van der Waals surface area contributed by atoms with Crippen LogP contribution in [0.25, 0.3) is 5.65 Å². The van der Waals surface area contributed by atoms with Gasteiger partial charge in [0.2, 0.25) is 0 Å². The van der Waals surface area contributed by atoms with Crippen LogP contribution in [-0.4, -0.2) is 21.7 Å². The molecule has 3 aromatic rings. The second kappa shape index (κ2) is 5.93. The Morgan fingerprint density at radius 3 is 2.95 bits per heavy atom. The van der Waals surface area contributed by atoms with E-state index in [-0.39, 0.29) is 6.04 Å². The molecule has 0 saturated heterocycles. The van der Waals surface area contributed by atoms with E-state index in [0.717, 1.165) is 17.2 Å². The van der Waals surface area contributed by atoms with Crippen molar-refractivity contribution < 1.29 is 4.74 Å². The minimum atomic E-state index is 0.205. The van der Waals surface area contributed by atoms with Gasteiger partial charge in [-0.25, -0.2) is 0 Å². The smallest absolute Gasteiger partial charge is 0.160 e. The summed E-state index contributed by atoms with van der Waals surface area (Å²) in [5.74, 6) is 1.77. The minimum Gasteiger partial charge on any atom is -0.497 e. The molecule has 0 radical (unpaired) electrons. The number of rotatable bonds is 5. The lowest BCUT2D eigenvalue weighted by Gasteiger charge is -2.14. The molecular weight excluding hydrogens is 264 g/mol. The highest BCUT2D eigenvalue weighted by atomic mass is 16.5. The van der Waals surface area contributed by atoms with Crippen molar-refractivity contribution >= 4 is 5.65 Å². The van der Waals surface area contributed by atoms with Crippen molar-refractivity contribution in [3.63, 3.8) is 0 Å². The van der Waals surface area contributed by atoms with E-state index >= 15 is 0 Å². The SMILES string of the molecule is COc1cccc(C(C)NCc2nnc3ccccn23)c1. The summed E-state index contributed by atoms with van der Waals surface area (Å²) in [5.41, 5.74) is 2.05. The van der Waals surface area contributed by atoms with Crippen LogP contribution in [0.4, 0.5) is 0 Å². The first-order chi connectivity index (χ1) is 10.3. The Balaban J connectivity index is 1.72. The fourth-order valence-corrected chi connectivity index (χ4v) is 2.28. The van der Waals surface area contributed by atoms with E-state index in [2.05, 4.69) is 28.5 Å². The molecule has 0 amide bonds. The van der Waals surface area contributed by atoms with Crippen molar-refractivity contribution in [2.24, 2.45) is 0 Å². The molecule has 1 unspecified atom stereocenters. The lowest BCUT2D eigenvalue weighted by molar-refractivity contribution is 0.413. The zero-order valence-corrected chi connectivity index (χ0v) is 12.2. The Bertz CT molecular complexity index is 738. The van der Waals surface area contributed by atoms with Crippen LogP contribution in [-0.2, 0) is 6.54 Å². The highest BCUT2D eigenvalue weighted by Gasteiger charge is 2.09. The Labute approximate surface area is 123 Å². The van der Waals surface area contributed by atoms with Crippen LogP contribution in [0.3, 0.4) is 0 Å². The molecule has 1 atom stereocenters. The number of pyridine rings is 1. The van der Waals surface area contributed by atoms with Gasteiger partial charge in [0.1, 0.15) is 5.75 Å². The average Bonchev–Trinajstić information content (AvgIpc) is 2.96. The van der Waals surface area contributed by atoms with Gasteiger partial charge in [0.25, 0.3) is 0 Å². The van der Waals surface area contributed by atoms with Gasteiger partial charge < -0.3 is 10.1 Å². The summed E-state index contributed by atoms with van der Waals surface area (Å²) in [4.78, 5) is 0. The summed E-state index contributed by atoms with van der Waals surface area (Å²) >= 11 is 0. The molecule has 2 heterocycles. The first-order valence-electron chi connectivity index (χ1n) is 6.94. The lowest BCUT2D eigenvalue weighted by atomic mass is 10.1. The van der Waals surface area contributed by atoms with Crippen LogP contribution >= 0.6 is 0 Å². The number of benzene rings is 1. The number of aromatic nitrogens is 3. The molecule has 0 aliphatic rings. The van der Waals surface area contributed by atoms with Crippen LogP contribution in [0.5, 0.6) is 5.75 Å². The van der Waals surface area contributed by atoms with Crippen LogP contribution in [0.2, 0.25) is 0 Å². The summed E-state index contributed by atoms with van der Waals surface area (Å²) in [5, 5.41) is 11.8. The molecule has 108 valence electrons. The van der Waals surface area contributed by atoms with E-state index in [1.165, 1.54) is 5.56 Å². The normalized spacial score (nSPS) is 12.5. The Kier molecular flexibility index (Phi) is 3.83. The maximum atomic E-state index is 5.26. The van der Waals surface area contributed by atoms with E-state index in [0.29, 0.717) is 6.54 Å². The summed E-state index contributed by atoms with van der Waals surface area (Å²) in [6, 6.07) is 14.2. The topological polar surface area (TPSA) is 51.5 Å². The van der Waals surface area contributed by atoms with E-state index in [1.807, 2.05) is 47.0 Å². The summed E-state index contributed by atoms with van der Waals surface area (Å²) in [6.45, 7) is 2.78. The highest BCUT2D eigenvalue weighted by molar-refractivity contribution is 5.37. The largest absolute Gasteiger partial charge is 0.497 e. The van der Waals surface area contributed by atoms with Gasteiger partial charge in [-0.3, -0.25) is 4.40 Å². The fraction of sp³-hybridized carbons (Fsp3) is 0.250. The van der Waals surface area contributed by atoms with Gasteiger partial charge in [-0.1, -0.05) is 18.2 Å². The predicted octanol–water partition coefficient (Wildman–Crippen LogP) is 2.59. The van der Waals surface area contributed by atoms with Crippen LogP contribution in [0, 0.1) is 0 Å². The first-order valence-corrected chi connectivity index (χ1v) is 6.94. The van der Waals surface area contributed by atoms with Crippen molar-refractivity contribution in [1.29, 1.82) is 0 Å². The number of methoxy groups -OCH3 is 1. The summed E-state index contributed by atoms with van der Waals surface area (Å²) < 4.78 is 7.25. The third-order valence-corrected chi connectivity index (χ3v) is 3.54. The van der Waals surface area contributed by atoms with E-state index in [1.54, 1.807) is 7.11 Å². The molecule has 21 heavy (non-hydrogen) atoms. The zero-order valence-electron chi connectivity index (χ0n) is 12.2. The quantitative estimate of drug-likeness (QED) is 0.781. The van der Waals surface area contributed by atoms with Gasteiger partial charge >= 0.3 is 0 Å². The summed E-state index contributed by atoms with van der Waals surface area (Å²) in [7, 11) is 1.68. The van der Waals surface area contributed by atoms with Gasteiger partial charge in [0, 0.05) is 12.2 Å². The Morgan fingerprint density at radius 1 is 1.19 bits per heavy atom. The molecule has 0 spiro atoms. The minimum absolute atomic E-state index is 0.205. The highest BCUT2D eigenvalue weighted by Crippen LogP contribution is 2.19. The molecular formula is C16H18N4O. The second-order valence-corrected chi connectivity index (χ2v) is 4.92. The number of nitrogens with zero attached hydrogens (tertiary/aromatic N) is 3.